The number of hydrogen-bond acceptors (Lipinski definition) is 1. The van der Waals surface area contributed by atoms with Crippen LogP contribution in [0.5, 0.6) is 0 Å². The van der Waals surface area contributed by atoms with Gasteiger partial charge in [-0.25, -0.2) is 0 Å². The van der Waals surface area contributed by atoms with Gasteiger partial charge in [-0.3, -0.25) is 0 Å². The monoisotopic (exact) mass is 272 g/mol. The number of aliphatic hydroxyl groups excluding tert-OH is 1. The summed E-state index contributed by atoms with van der Waals surface area (Å²) in [7, 11) is 0. The first-order chi connectivity index (χ1) is 2.81. The third-order valence-electron chi connectivity index (χ3n) is 0.707. The molecule has 1 atom stereocenters. The van der Waals surface area contributed by atoms with Crippen LogP contribution >= 0.6 is 0 Å². The number of rotatable bonds is 2. The molecule has 2 nitrogen and oxygen atoms in total. The van der Waals surface area contributed by atoms with Crippen molar-refractivity contribution in [3.63, 3.8) is 0 Å². The van der Waals surface area contributed by atoms with Gasteiger partial charge >= 0.3 is 0 Å². The van der Waals surface area contributed by atoms with Gasteiger partial charge in [0.2, 0.25) is 0 Å². The van der Waals surface area contributed by atoms with Crippen LogP contribution in [0.1, 0.15) is 13.3 Å². The zero-order valence-electron chi connectivity index (χ0n) is 4.35. The van der Waals surface area contributed by atoms with Crippen molar-refractivity contribution >= 4 is 0 Å². The molecule has 0 saturated heterocycles. The minimum absolute atomic E-state index is 0. The molecule has 2 N–H and O–H groups in total. The molecule has 0 aliphatic carbocycles. The molecule has 3 heteroatoms. The first-order valence-electron chi connectivity index (χ1n) is 2.14. The van der Waals surface area contributed by atoms with E-state index in [9.17, 15) is 0 Å². The summed E-state index contributed by atoms with van der Waals surface area (Å²) in [5.74, 6) is 0. The van der Waals surface area contributed by atoms with E-state index in [-0.39, 0.29) is 27.6 Å². The topological polar surface area (TPSA) is 44.0 Å². The number of nitrogens with one attached hydrogen (secondary N) is 1. The Hall–Kier alpha value is 0.608. The SMILES string of the molecule is CCC(O)C[NH-].[W]. The molecule has 44 valence electrons. The van der Waals surface area contributed by atoms with Gasteiger partial charge in [-0.1, -0.05) is 6.92 Å². The molecule has 0 amide bonds. The molecule has 0 saturated carbocycles. The van der Waals surface area contributed by atoms with Crippen LogP contribution in [0.4, 0.5) is 0 Å². The molecule has 1 unspecified atom stereocenters. The van der Waals surface area contributed by atoms with Crippen molar-refractivity contribution in [2.45, 2.75) is 19.4 Å². The smallest absolute Gasteiger partial charge is 0.0348 e. The van der Waals surface area contributed by atoms with Gasteiger partial charge in [0.1, 0.15) is 0 Å². The molecule has 7 heavy (non-hydrogen) atoms. The van der Waals surface area contributed by atoms with Crippen LogP contribution in [-0.4, -0.2) is 17.8 Å². The standard InChI is InChI=1S/C4H10NO.W/c1-2-4(6)3-5;/h4-6H,2-3H2,1H3;/q-1;. The third kappa shape index (κ3) is 6.61. The summed E-state index contributed by atoms with van der Waals surface area (Å²) in [5, 5.41) is 8.48. The Balaban J connectivity index is 0. The first-order valence-corrected chi connectivity index (χ1v) is 2.14. The summed E-state index contributed by atoms with van der Waals surface area (Å²) in [6.45, 7) is 2.00. The quantitative estimate of drug-likeness (QED) is 0.794. The Kier molecular flexibility index (Phi) is 9.97. The van der Waals surface area contributed by atoms with E-state index in [1.807, 2.05) is 6.92 Å². The predicted molar refractivity (Wildman–Crippen MR) is 25.5 cm³/mol. The van der Waals surface area contributed by atoms with E-state index in [1.165, 1.54) is 0 Å². The van der Waals surface area contributed by atoms with Crippen molar-refractivity contribution in [1.82, 2.24) is 0 Å². The number of hydrogen-bond donors (Lipinski definition) is 1. The van der Waals surface area contributed by atoms with Crippen LogP contribution in [0.25, 0.3) is 5.73 Å². The fourth-order valence-corrected chi connectivity index (χ4v) is 0.144. The van der Waals surface area contributed by atoms with E-state index in [1.54, 1.807) is 0 Å². The van der Waals surface area contributed by atoms with Gasteiger partial charge in [-0.15, -0.1) is 6.54 Å². The van der Waals surface area contributed by atoms with Crippen molar-refractivity contribution in [3.8, 4) is 0 Å². The number of aliphatic hydroxyl groups is 1. The second kappa shape index (κ2) is 6.61. The van der Waals surface area contributed by atoms with E-state index in [0.29, 0.717) is 6.42 Å². The Morgan fingerprint density at radius 2 is 2.14 bits per heavy atom. The zero-order valence-corrected chi connectivity index (χ0v) is 7.28. The second-order valence-electron chi connectivity index (χ2n) is 1.27. The molecule has 0 aliphatic rings. The summed E-state index contributed by atoms with van der Waals surface area (Å²) in [5.41, 5.74) is 6.56. The van der Waals surface area contributed by atoms with Crippen LogP contribution in [0.3, 0.4) is 0 Å². The molecular weight excluding hydrogens is 262 g/mol. The summed E-state index contributed by atoms with van der Waals surface area (Å²) < 4.78 is 0. The maximum absolute atomic E-state index is 8.48. The molecule has 0 aromatic heterocycles. The Morgan fingerprint density at radius 1 is 1.71 bits per heavy atom. The molecule has 0 bridgehead atoms. The zero-order chi connectivity index (χ0) is 4.99. The molecule has 0 heterocycles. The maximum Gasteiger partial charge on any atom is 0.0348 e. The van der Waals surface area contributed by atoms with Gasteiger partial charge in [0.05, 0.1) is 0 Å². The summed E-state index contributed by atoms with van der Waals surface area (Å²) in [6.07, 6.45) is 0.300. The van der Waals surface area contributed by atoms with Crippen molar-refractivity contribution in [2.75, 3.05) is 6.54 Å². The largest absolute Gasteiger partial charge is 0.675 e. The maximum atomic E-state index is 8.48. The molecule has 0 rings (SSSR count). The fourth-order valence-electron chi connectivity index (χ4n) is 0.144. The van der Waals surface area contributed by atoms with Crippen LogP contribution < -0.4 is 0 Å². The van der Waals surface area contributed by atoms with Crippen LogP contribution in [0, 0.1) is 0 Å². The molecule has 0 fully saturated rings. The average Bonchev–Trinajstić information content (AvgIpc) is 1.65. The minimum atomic E-state index is -0.398. The Morgan fingerprint density at radius 3 is 2.14 bits per heavy atom. The predicted octanol–water partition coefficient (Wildman–Crippen LogP) is 0.807. The van der Waals surface area contributed by atoms with Gasteiger partial charge in [-0.05, 0) is 6.42 Å². The van der Waals surface area contributed by atoms with E-state index in [0.717, 1.165) is 0 Å². The molecule has 0 radical (unpaired) electrons. The van der Waals surface area contributed by atoms with Crippen LogP contribution in [0.2, 0.25) is 0 Å². The molecule has 0 spiro atoms. The third-order valence-corrected chi connectivity index (χ3v) is 0.707. The van der Waals surface area contributed by atoms with Gasteiger partial charge in [0.15, 0.2) is 0 Å². The van der Waals surface area contributed by atoms with E-state index in [2.05, 4.69) is 0 Å². The van der Waals surface area contributed by atoms with Crippen molar-refractivity contribution < 1.29 is 26.2 Å². The Labute approximate surface area is 58.4 Å². The first kappa shape index (κ1) is 10.6. The summed E-state index contributed by atoms with van der Waals surface area (Å²) in [6, 6.07) is 0. The normalized spacial score (nSPS) is 12.4. The van der Waals surface area contributed by atoms with E-state index in [4.69, 9.17) is 10.8 Å². The second-order valence-corrected chi connectivity index (χ2v) is 1.27. The molecule has 0 aromatic carbocycles. The van der Waals surface area contributed by atoms with Gasteiger partial charge < -0.3 is 10.8 Å². The Bertz CT molecular complexity index is 30.9. The van der Waals surface area contributed by atoms with Crippen molar-refractivity contribution in [2.24, 2.45) is 0 Å². The van der Waals surface area contributed by atoms with Gasteiger partial charge in [0, 0.05) is 27.2 Å². The van der Waals surface area contributed by atoms with Crippen molar-refractivity contribution in [1.29, 1.82) is 0 Å². The molecule has 0 aromatic rings. The molecular formula is C4H10NOW-. The van der Waals surface area contributed by atoms with Gasteiger partial charge in [-0.2, -0.15) is 0 Å². The van der Waals surface area contributed by atoms with E-state index < -0.39 is 6.10 Å². The molecule has 0 aliphatic heterocycles. The average molecular weight is 272 g/mol. The van der Waals surface area contributed by atoms with E-state index >= 15 is 0 Å². The summed E-state index contributed by atoms with van der Waals surface area (Å²) in [4.78, 5) is 0. The van der Waals surface area contributed by atoms with Crippen LogP contribution in [-0.2, 0) is 21.1 Å². The minimum Gasteiger partial charge on any atom is -0.675 e. The summed E-state index contributed by atoms with van der Waals surface area (Å²) >= 11 is 0. The van der Waals surface area contributed by atoms with Crippen LogP contribution in [0.15, 0.2) is 0 Å². The van der Waals surface area contributed by atoms with Crippen molar-refractivity contribution in [3.05, 3.63) is 5.73 Å². The van der Waals surface area contributed by atoms with Gasteiger partial charge in [0.25, 0.3) is 0 Å². The fraction of sp³-hybridized carbons (Fsp3) is 1.00.